The lowest BCUT2D eigenvalue weighted by Crippen LogP contribution is -2.49. The van der Waals surface area contributed by atoms with Gasteiger partial charge in [0.1, 0.15) is 0 Å². The Balaban J connectivity index is 5.02. The predicted molar refractivity (Wildman–Crippen MR) is 95.7 cm³/mol. The van der Waals surface area contributed by atoms with Crippen LogP contribution in [0.3, 0.4) is 0 Å². The van der Waals surface area contributed by atoms with Crippen LogP contribution in [-0.4, -0.2) is 32.4 Å². The molecule has 0 rings (SSSR count). The highest BCUT2D eigenvalue weighted by Gasteiger charge is 2.40. The first-order valence-electron chi connectivity index (χ1n) is 9.10. The molecule has 0 aliphatic carbocycles. The SMILES string of the molecule is CCCCCCC(C)(CCCCCC)N(CC)C(=O)P(=O)(O)O. The van der Waals surface area contributed by atoms with E-state index in [1.807, 2.05) is 6.92 Å². The molecule has 0 atom stereocenters. The quantitative estimate of drug-likeness (QED) is 0.349. The molecule has 0 heterocycles. The number of rotatable bonds is 13. The summed E-state index contributed by atoms with van der Waals surface area (Å²) >= 11 is 0. The Hall–Kier alpha value is -0.380. The minimum Gasteiger partial charge on any atom is -0.327 e. The third-order valence-corrected chi connectivity index (χ3v) is 5.33. The van der Waals surface area contributed by atoms with Crippen molar-refractivity contribution in [1.29, 1.82) is 0 Å². The zero-order valence-corrected chi connectivity index (χ0v) is 16.3. The largest absolute Gasteiger partial charge is 0.413 e. The Labute approximate surface area is 142 Å². The van der Waals surface area contributed by atoms with Crippen molar-refractivity contribution < 1.29 is 19.1 Å². The van der Waals surface area contributed by atoms with Crippen LogP contribution in [0, 0.1) is 0 Å². The second kappa shape index (κ2) is 11.2. The van der Waals surface area contributed by atoms with Crippen LogP contribution in [-0.2, 0) is 4.57 Å². The van der Waals surface area contributed by atoms with E-state index in [0.29, 0.717) is 6.54 Å². The Morgan fingerprint density at radius 2 is 1.35 bits per heavy atom. The summed E-state index contributed by atoms with van der Waals surface area (Å²) in [5, 5.41) is 0. The van der Waals surface area contributed by atoms with Crippen LogP contribution in [0.2, 0.25) is 0 Å². The topological polar surface area (TPSA) is 77.8 Å². The molecule has 23 heavy (non-hydrogen) atoms. The van der Waals surface area contributed by atoms with E-state index in [-0.39, 0.29) is 0 Å². The van der Waals surface area contributed by atoms with Crippen LogP contribution in [0.25, 0.3) is 0 Å². The molecular formula is C17H36NO4P. The third-order valence-electron chi connectivity index (χ3n) is 4.59. The van der Waals surface area contributed by atoms with Gasteiger partial charge in [0.2, 0.25) is 0 Å². The lowest BCUT2D eigenvalue weighted by molar-refractivity contribution is 0.119. The normalized spacial score (nSPS) is 12.4. The molecule has 0 bridgehead atoms. The van der Waals surface area contributed by atoms with Gasteiger partial charge in [-0.2, -0.15) is 0 Å². The van der Waals surface area contributed by atoms with Crippen molar-refractivity contribution in [2.75, 3.05) is 6.54 Å². The van der Waals surface area contributed by atoms with Crippen LogP contribution in [0.5, 0.6) is 0 Å². The van der Waals surface area contributed by atoms with Crippen LogP contribution in [0.1, 0.15) is 91.9 Å². The fourth-order valence-electron chi connectivity index (χ4n) is 3.17. The van der Waals surface area contributed by atoms with E-state index in [4.69, 9.17) is 0 Å². The molecule has 0 spiro atoms. The number of unbranched alkanes of at least 4 members (excludes halogenated alkanes) is 6. The van der Waals surface area contributed by atoms with Crippen LogP contribution < -0.4 is 0 Å². The van der Waals surface area contributed by atoms with E-state index >= 15 is 0 Å². The van der Waals surface area contributed by atoms with Crippen molar-refractivity contribution in [2.24, 2.45) is 0 Å². The maximum Gasteiger partial charge on any atom is 0.413 e. The van der Waals surface area contributed by atoms with Gasteiger partial charge in [-0.3, -0.25) is 4.79 Å². The zero-order chi connectivity index (χ0) is 17.9. The molecule has 0 saturated carbocycles. The van der Waals surface area contributed by atoms with E-state index in [2.05, 4.69) is 13.8 Å². The standard InChI is InChI=1S/C17H36NO4P/c1-5-8-10-12-14-17(4,15-13-11-9-6-2)18(7-3)16(19)23(20,21)22/h5-15H2,1-4H3,(H2,20,21,22). The van der Waals surface area contributed by atoms with Crippen molar-refractivity contribution in [3.05, 3.63) is 0 Å². The van der Waals surface area contributed by atoms with Gasteiger partial charge >= 0.3 is 13.2 Å². The minimum atomic E-state index is -4.73. The number of hydrogen-bond acceptors (Lipinski definition) is 2. The minimum absolute atomic E-state index is 0.335. The molecule has 6 heteroatoms. The maximum absolute atomic E-state index is 12.2. The summed E-state index contributed by atoms with van der Waals surface area (Å²) in [6, 6.07) is 0. The summed E-state index contributed by atoms with van der Waals surface area (Å²) in [5.74, 6) is 0. The lowest BCUT2D eigenvalue weighted by atomic mass is 9.86. The second-order valence-electron chi connectivity index (χ2n) is 6.69. The smallest absolute Gasteiger partial charge is 0.327 e. The fourth-order valence-corrected chi connectivity index (χ4v) is 3.86. The summed E-state index contributed by atoms with van der Waals surface area (Å²) in [6.07, 6.45) is 10.4. The number of amides is 1. The van der Waals surface area contributed by atoms with E-state index < -0.39 is 18.8 Å². The van der Waals surface area contributed by atoms with Crippen molar-refractivity contribution in [3.8, 4) is 0 Å². The molecule has 0 aliphatic heterocycles. The summed E-state index contributed by atoms with van der Waals surface area (Å²) in [6.45, 7) is 8.42. The zero-order valence-electron chi connectivity index (χ0n) is 15.4. The average Bonchev–Trinajstić information content (AvgIpc) is 2.48. The first-order valence-corrected chi connectivity index (χ1v) is 10.7. The summed E-state index contributed by atoms with van der Waals surface area (Å²) in [4.78, 5) is 32.2. The number of hydrogen-bond donors (Lipinski definition) is 2. The second-order valence-corrected chi connectivity index (χ2v) is 8.16. The molecule has 0 radical (unpaired) electrons. The highest BCUT2D eigenvalue weighted by Crippen LogP contribution is 2.42. The molecule has 138 valence electrons. The molecule has 0 aromatic rings. The van der Waals surface area contributed by atoms with Gasteiger partial charge in [0, 0.05) is 12.1 Å². The third kappa shape index (κ3) is 8.32. The lowest BCUT2D eigenvalue weighted by Gasteiger charge is -2.41. The number of nitrogens with zero attached hydrogens (tertiary/aromatic N) is 1. The van der Waals surface area contributed by atoms with E-state index in [9.17, 15) is 19.1 Å². The van der Waals surface area contributed by atoms with Crippen LogP contribution in [0.15, 0.2) is 0 Å². The molecule has 0 fully saturated rings. The van der Waals surface area contributed by atoms with E-state index in [0.717, 1.165) is 64.2 Å². The fraction of sp³-hybridized carbons (Fsp3) is 0.941. The molecule has 2 N–H and O–H groups in total. The van der Waals surface area contributed by atoms with Gasteiger partial charge < -0.3 is 14.7 Å². The average molecular weight is 349 g/mol. The molecular weight excluding hydrogens is 313 g/mol. The summed E-state index contributed by atoms with van der Waals surface area (Å²) < 4.78 is 11.4. The maximum atomic E-state index is 12.2. The summed E-state index contributed by atoms with van der Waals surface area (Å²) in [5.41, 5.74) is -1.48. The highest BCUT2D eigenvalue weighted by atomic mass is 31.2. The van der Waals surface area contributed by atoms with Gasteiger partial charge in [0.05, 0.1) is 0 Å². The molecule has 5 nitrogen and oxygen atoms in total. The summed E-state index contributed by atoms with van der Waals surface area (Å²) in [7, 11) is -4.73. The van der Waals surface area contributed by atoms with Crippen LogP contribution >= 0.6 is 7.60 Å². The Bertz CT molecular complexity index is 369. The highest BCUT2D eigenvalue weighted by molar-refractivity contribution is 7.69. The molecule has 0 saturated heterocycles. The van der Waals surface area contributed by atoms with Gasteiger partial charge in [-0.25, -0.2) is 4.57 Å². The first-order chi connectivity index (χ1) is 10.7. The van der Waals surface area contributed by atoms with Crippen molar-refractivity contribution in [3.63, 3.8) is 0 Å². The molecule has 1 amide bonds. The Morgan fingerprint density at radius 1 is 0.913 bits per heavy atom. The van der Waals surface area contributed by atoms with Crippen molar-refractivity contribution in [1.82, 2.24) is 4.90 Å². The Kier molecular flexibility index (Phi) is 11.0. The number of carbonyl (C=O) groups is 1. The van der Waals surface area contributed by atoms with Gasteiger partial charge in [0.25, 0.3) is 0 Å². The molecule has 0 aromatic carbocycles. The molecule has 0 aliphatic rings. The van der Waals surface area contributed by atoms with E-state index in [1.54, 1.807) is 6.92 Å². The van der Waals surface area contributed by atoms with Gasteiger partial charge in [0.15, 0.2) is 0 Å². The van der Waals surface area contributed by atoms with Gasteiger partial charge in [-0.1, -0.05) is 65.2 Å². The van der Waals surface area contributed by atoms with E-state index in [1.165, 1.54) is 4.90 Å². The molecule has 0 aromatic heterocycles. The van der Waals surface area contributed by atoms with Crippen molar-refractivity contribution in [2.45, 2.75) is 97.4 Å². The first kappa shape index (κ1) is 22.6. The van der Waals surface area contributed by atoms with Gasteiger partial charge in [-0.15, -0.1) is 0 Å². The van der Waals surface area contributed by atoms with Crippen LogP contribution in [0.4, 0.5) is 4.79 Å². The number of carbonyl (C=O) groups excluding carboxylic acids is 1. The Morgan fingerprint density at radius 3 is 1.65 bits per heavy atom. The predicted octanol–water partition coefficient (Wildman–Crippen LogP) is 5.31. The molecule has 0 unspecified atom stereocenters. The van der Waals surface area contributed by atoms with Crippen molar-refractivity contribution >= 4 is 13.2 Å². The van der Waals surface area contributed by atoms with Gasteiger partial charge in [-0.05, 0) is 26.7 Å². The monoisotopic (exact) mass is 349 g/mol.